The molecular weight excluding hydrogens is 452 g/mol. The Hall–Kier alpha value is -2.69. The predicted molar refractivity (Wildman–Crippen MR) is 126 cm³/mol. The minimum atomic E-state index is -0.476. The van der Waals surface area contributed by atoms with Crippen molar-refractivity contribution in [2.24, 2.45) is 0 Å². The highest BCUT2D eigenvalue weighted by molar-refractivity contribution is 7.99. The molecule has 3 heterocycles. The molecule has 0 saturated carbocycles. The summed E-state index contributed by atoms with van der Waals surface area (Å²) in [6.07, 6.45) is 0. The van der Waals surface area contributed by atoms with E-state index in [-0.39, 0.29) is 17.7 Å². The summed E-state index contributed by atoms with van der Waals surface area (Å²) < 4.78 is 8.00. The molecule has 10 heteroatoms. The molecule has 0 spiro atoms. The number of rotatable bonds is 7. The number of esters is 1. The molecule has 0 atom stereocenters. The van der Waals surface area contributed by atoms with Gasteiger partial charge in [0.1, 0.15) is 5.00 Å². The van der Waals surface area contributed by atoms with Gasteiger partial charge in [-0.3, -0.25) is 9.36 Å². The van der Waals surface area contributed by atoms with Crippen molar-refractivity contribution in [3.63, 3.8) is 0 Å². The van der Waals surface area contributed by atoms with Gasteiger partial charge in [0.05, 0.1) is 18.4 Å². The Balaban J connectivity index is 1.53. The smallest absolute Gasteiger partial charge is 0.340 e. The van der Waals surface area contributed by atoms with E-state index < -0.39 is 5.97 Å². The minimum absolute atomic E-state index is 0.123. The number of fused-ring (bicyclic) bond motifs is 1. The van der Waals surface area contributed by atoms with Crippen LogP contribution in [0, 0.1) is 0 Å². The van der Waals surface area contributed by atoms with Gasteiger partial charge in [-0.1, -0.05) is 30.0 Å². The van der Waals surface area contributed by atoms with Gasteiger partial charge >= 0.3 is 5.97 Å². The van der Waals surface area contributed by atoms with E-state index in [1.807, 2.05) is 12.1 Å². The third-order valence-electron chi connectivity index (χ3n) is 4.56. The van der Waals surface area contributed by atoms with Crippen LogP contribution in [0.4, 0.5) is 5.00 Å². The van der Waals surface area contributed by atoms with Crippen molar-refractivity contribution in [2.45, 2.75) is 25.0 Å². The van der Waals surface area contributed by atoms with Crippen molar-refractivity contribution in [3.05, 3.63) is 46.7 Å². The number of ether oxygens (including phenoxy) is 1. The monoisotopic (exact) mass is 472 g/mol. The third-order valence-corrected chi connectivity index (χ3v) is 7.30. The van der Waals surface area contributed by atoms with E-state index in [1.165, 1.54) is 34.9 Å². The Morgan fingerprint density at radius 3 is 2.77 bits per heavy atom. The number of benzene rings is 1. The zero-order valence-corrected chi connectivity index (χ0v) is 19.6. The third kappa shape index (κ3) is 4.36. The number of carbonyl (C=O) groups excluding carboxylic acids is 2. The lowest BCUT2D eigenvalue weighted by Crippen LogP contribution is -2.16. The van der Waals surface area contributed by atoms with Crippen molar-refractivity contribution in [3.8, 4) is 11.4 Å². The molecule has 1 amide bonds. The Labute approximate surface area is 191 Å². The first kappa shape index (κ1) is 21.5. The number of amides is 1. The Kier molecular flexibility index (Phi) is 6.40. The summed E-state index contributed by atoms with van der Waals surface area (Å²) >= 11 is 4.27. The average Bonchev–Trinajstić information content (AvgIpc) is 3.49. The zero-order chi connectivity index (χ0) is 22.0. The molecule has 0 aliphatic carbocycles. The van der Waals surface area contributed by atoms with Crippen LogP contribution in [0.1, 0.15) is 30.2 Å². The molecule has 31 heavy (non-hydrogen) atoms. The van der Waals surface area contributed by atoms with E-state index in [0.717, 1.165) is 16.8 Å². The molecule has 1 N–H and O–H groups in total. The van der Waals surface area contributed by atoms with Crippen LogP contribution in [0.3, 0.4) is 0 Å². The molecule has 0 radical (unpaired) electrons. The largest absolute Gasteiger partial charge is 0.465 e. The lowest BCUT2D eigenvalue weighted by Gasteiger charge is -2.13. The number of methoxy groups -OCH3 is 1. The number of nitrogens with one attached hydrogen (secondary N) is 1. The van der Waals surface area contributed by atoms with E-state index in [0.29, 0.717) is 15.7 Å². The maximum atomic E-state index is 12.5. The SMILES string of the molecule is COC(=O)c1ccsc1NC(=O)CSc1nnc(-c2csc3ccccc23)n1C(C)C. The molecule has 0 bridgehead atoms. The topological polar surface area (TPSA) is 86.1 Å². The van der Waals surface area contributed by atoms with Crippen molar-refractivity contribution < 1.29 is 14.3 Å². The van der Waals surface area contributed by atoms with Gasteiger partial charge < -0.3 is 10.1 Å². The van der Waals surface area contributed by atoms with Crippen LogP contribution >= 0.6 is 34.4 Å². The van der Waals surface area contributed by atoms with Gasteiger partial charge in [-0.15, -0.1) is 32.9 Å². The number of thioether (sulfide) groups is 1. The quantitative estimate of drug-likeness (QED) is 0.289. The van der Waals surface area contributed by atoms with Crippen LogP contribution in [-0.2, 0) is 9.53 Å². The summed E-state index contributed by atoms with van der Waals surface area (Å²) in [6, 6.07) is 9.97. The van der Waals surface area contributed by atoms with Gasteiger partial charge in [-0.25, -0.2) is 4.79 Å². The summed E-state index contributed by atoms with van der Waals surface area (Å²) in [5.74, 6) is 0.240. The normalized spacial score (nSPS) is 11.2. The molecule has 4 rings (SSSR count). The van der Waals surface area contributed by atoms with Crippen molar-refractivity contribution in [2.75, 3.05) is 18.2 Å². The summed E-state index contributed by atoms with van der Waals surface area (Å²) in [5.41, 5.74) is 1.39. The van der Waals surface area contributed by atoms with Crippen LogP contribution in [-0.4, -0.2) is 39.5 Å². The number of nitrogens with zero attached hydrogens (tertiary/aromatic N) is 3. The standard InChI is InChI=1S/C21H20N4O3S3/c1-12(2)25-18(15-10-30-16-7-5-4-6-13(15)16)23-24-21(25)31-11-17(26)22-19-14(8-9-29-19)20(27)28-3/h4-10,12H,11H2,1-3H3,(H,22,26). The van der Waals surface area contributed by atoms with E-state index in [2.05, 4.69) is 51.4 Å². The first-order chi connectivity index (χ1) is 15.0. The van der Waals surface area contributed by atoms with Crippen LogP contribution in [0.15, 0.2) is 46.2 Å². The molecule has 0 unspecified atom stereocenters. The lowest BCUT2D eigenvalue weighted by atomic mass is 10.1. The van der Waals surface area contributed by atoms with Crippen molar-refractivity contribution in [1.82, 2.24) is 14.8 Å². The average molecular weight is 473 g/mol. The molecular formula is C21H20N4O3S3. The van der Waals surface area contributed by atoms with E-state index in [9.17, 15) is 9.59 Å². The van der Waals surface area contributed by atoms with Gasteiger partial charge in [-0.2, -0.15) is 0 Å². The maximum absolute atomic E-state index is 12.5. The number of hydrogen-bond donors (Lipinski definition) is 1. The second-order valence-corrected chi connectivity index (χ2v) is 9.68. The van der Waals surface area contributed by atoms with Crippen LogP contribution in [0.25, 0.3) is 21.5 Å². The molecule has 0 aliphatic rings. The summed E-state index contributed by atoms with van der Waals surface area (Å²) in [4.78, 5) is 24.3. The molecule has 1 aromatic carbocycles. The molecule has 0 saturated heterocycles. The number of aromatic nitrogens is 3. The van der Waals surface area contributed by atoms with Gasteiger partial charge in [-0.05, 0) is 31.4 Å². The van der Waals surface area contributed by atoms with Crippen LogP contribution < -0.4 is 5.32 Å². The number of anilines is 1. The zero-order valence-electron chi connectivity index (χ0n) is 17.1. The van der Waals surface area contributed by atoms with E-state index in [4.69, 9.17) is 4.74 Å². The minimum Gasteiger partial charge on any atom is -0.465 e. The maximum Gasteiger partial charge on any atom is 0.340 e. The number of carbonyl (C=O) groups is 2. The molecule has 4 aromatic rings. The van der Waals surface area contributed by atoms with Crippen LogP contribution in [0.2, 0.25) is 0 Å². The second-order valence-electron chi connectivity index (χ2n) is 6.91. The number of hydrogen-bond acceptors (Lipinski definition) is 8. The van der Waals surface area contributed by atoms with Crippen molar-refractivity contribution in [1.29, 1.82) is 0 Å². The van der Waals surface area contributed by atoms with Gasteiger partial charge in [0.25, 0.3) is 0 Å². The first-order valence-corrected chi connectivity index (χ1v) is 12.2. The first-order valence-electron chi connectivity index (χ1n) is 9.49. The summed E-state index contributed by atoms with van der Waals surface area (Å²) in [6.45, 7) is 4.14. The fourth-order valence-corrected chi connectivity index (χ4v) is 5.74. The lowest BCUT2D eigenvalue weighted by molar-refractivity contribution is -0.113. The van der Waals surface area contributed by atoms with E-state index in [1.54, 1.807) is 22.8 Å². The van der Waals surface area contributed by atoms with Gasteiger partial charge in [0.2, 0.25) is 5.91 Å². The van der Waals surface area contributed by atoms with Gasteiger partial charge in [0.15, 0.2) is 11.0 Å². The Morgan fingerprint density at radius 2 is 2.00 bits per heavy atom. The molecule has 7 nitrogen and oxygen atoms in total. The predicted octanol–water partition coefficient (Wildman–Crippen LogP) is 5.32. The highest BCUT2D eigenvalue weighted by Gasteiger charge is 2.21. The fourth-order valence-electron chi connectivity index (χ4n) is 3.15. The van der Waals surface area contributed by atoms with Gasteiger partial charge in [0, 0.05) is 27.1 Å². The van der Waals surface area contributed by atoms with E-state index >= 15 is 0 Å². The highest BCUT2D eigenvalue weighted by atomic mass is 32.2. The second kappa shape index (κ2) is 9.21. The Bertz CT molecular complexity index is 1240. The molecule has 160 valence electrons. The molecule has 0 aliphatic heterocycles. The Morgan fingerprint density at radius 1 is 1.19 bits per heavy atom. The number of thiophene rings is 2. The summed E-state index contributed by atoms with van der Waals surface area (Å²) in [5, 5.41) is 17.7. The fraction of sp³-hybridized carbons (Fsp3) is 0.238. The molecule has 3 aromatic heterocycles. The van der Waals surface area contributed by atoms with Crippen LogP contribution in [0.5, 0.6) is 0 Å². The summed E-state index contributed by atoms with van der Waals surface area (Å²) in [7, 11) is 1.31. The van der Waals surface area contributed by atoms with Crippen molar-refractivity contribution >= 4 is 61.4 Å². The highest BCUT2D eigenvalue weighted by Crippen LogP contribution is 2.36. The molecule has 0 fully saturated rings.